The molecule has 0 radical (unpaired) electrons. The van der Waals surface area contributed by atoms with Gasteiger partial charge in [-0.3, -0.25) is 14.5 Å². The lowest BCUT2D eigenvalue weighted by atomic mass is 10.1. The zero-order chi connectivity index (χ0) is 19.4. The number of anilines is 1. The molecule has 0 spiro atoms. The molecule has 1 aromatic heterocycles. The predicted molar refractivity (Wildman–Crippen MR) is 105 cm³/mol. The number of hydrogen-bond acceptors (Lipinski definition) is 7. The molecule has 0 bridgehead atoms. The monoisotopic (exact) mass is 395 g/mol. The molecule has 2 saturated heterocycles. The molecule has 8 nitrogen and oxygen atoms in total. The molecule has 2 aliphatic rings. The lowest BCUT2D eigenvalue weighted by Gasteiger charge is -2.26. The largest absolute Gasteiger partial charge is 0.378 e. The summed E-state index contributed by atoms with van der Waals surface area (Å²) in [6.45, 7) is 5.50. The Morgan fingerprint density at radius 3 is 2.67 bits per heavy atom. The molecule has 150 valence electrons. The van der Waals surface area contributed by atoms with Gasteiger partial charge in [-0.05, 0) is 26.8 Å². The molecule has 0 aliphatic carbocycles. The molecule has 0 unspecified atom stereocenters. The number of ether oxygens (including phenoxy) is 1. The number of nitrogens with one attached hydrogen (secondary N) is 2. The van der Waals surface area contributed by atoms with E-state index in [4.69, 9.17) is 4.74 Å². The van der Waals surface area contributed by atoms with Crippen molar-refractivity contribution in [1.29, 1.82) is 0 Å². The lowest BCUT2D eigenvalue weighted by molar-refractivity contribution is -0.121. The molecule has 2 fully saturated rings. The zero-order valence-corrected chi connectivity index (χ0v) is 17.1. The summed E-state index contributed by atoms with van der Waals surface area (Å²) >= 11 is 1.45. The van der Waals surface area contributed by atoms with Crippen molar-refractivity contribution in [1.82, 2.24) is 20.5 Å². The van der Waals surface area contributed by atoms with E-state index in [1.165, 1.54) is 11.3 Å². The van der Waals surface area contributed by atoms with Crippen molar-refractivity contribution in [3.63, 3.8) is 0 Å². The third kappa shape index (κ3) is 4.77. The van der Waals surface area contributed by atoms with Gasteiger partial charge < -0.3 is 20.3 Å². The minimum atomic E-state index is -0.0624. The number of rotatable bonds is 6. The maximum atomic E-state index is 12.7. The second-order valence-corrected chi connectivity index (χ2v) is 8.13. The van der Waals surface area contributed by atoms with Crippen LogP contribution in [0.25, 0.3) is 0 Å². The van der Waals surface area contributed by atoms with Crippen LogP contribution in [0.2, 0.25) is 0 Å². The fourth-order valence-electron chi connectivity index (χ4n) is 3.67. The van der Waals surface area contributed by atoms with Gasteiger partial charge in [-0.15, -0.1) is 0 Å². The van der Waals surface area contributed by atoms with Crippen LogP contribution in [0.3, 0.4) is 0 Å². The van der Waals surface area contributed by atoms with Gasteiger partial charge in [0.15, 0.2) is 5.13 Å². The van der Waals surface area contributed by atoms with E-state index >= 15 is 0 Å². The first-order chi connectivity index (χ1) is 13.0. The van der Waals surface area contributed by atoms with Gasteiger partial charge in [0.05, 0.1) is 18.9 Å². The Kier molecular flexibility index (Phi) is 6.67. The fourth-order valence-corrected chi connectivity index (χ4v) is 4.71. The Bertz CT molecular complexity index is 674. The molecule has 0 aromatic carbocycles. The van der Waals surface area contributed by atoms with E-state index < -0.39 is 0 Å². The maximum Gasteiger partial charge on any atom is 0.263 e. The number of carbonyl (C=O) groups excluding carboxylic acids is 2. The number of thiazole rings is 1. The highest BCUT2D eigenvalue weighted by Crippen LogP contribution is 2.27. The normalized spacial score (nSPS) is 23.4. The van der Waals surface area contributed by atoms with Crippen LogP contribution < -0.4 is 15.5 Å². The average Bonchev–Trinajstić information content (AvgIpc) is 3.24. The van der Waals surface area contributed by atoms with Gasteiger partial charge in [0.25, 0.3) is 5.91 Å². The first-order valence-corrected chi connectivity index (χ1v) is 10.3. The van der Waals surface area contributed by atoms with Crippen molar-refractivity contribution in [3.05, 3.63) is 10.6 Å². The Labute approximate surface area is 164 Å². The van der Waals surface area contributed by atoms with Gasteiger partial charge in [0.2, 0.25) is 5.91 Å². The quantitative estimate of drug-likeness (QED) is 0.734. The van der Waals surface area contributed by atoms with Gasteiger partial charge in [0.1, 0.15) is 4.88 Å². The van der Waals surface area contributed by atoms with Gasteiger partial charge in [-0.25, -0.2) is 4.98 Å². The van der Waals surface area contributed by atoms with Gasteiger partial charge in [0, 0.05) is 45.2 Å². The number of hydrogen-bond donors (Lipinski definition) is 2. The molecule has 9 heteroatoms. The first kappa shape index (κ1) is 20.0. The van der Waals surface area contributed by atoms with Crippen LogP contribution in [0.1, 0.15) is 34.6 Å². The lowest BCUT2D eigenvalue weighted by Crippen LogP contribution is -2.42. The van der Waals surface area contributed by atoms with Gasteiger partial charge in [-0.1, -0.05) is 11.3 Å². The van der Waals surface area contributed by atoms with Crippen molar-refractivity contribution in [2.24, 2.45) is 0 Å². The first-order valence-electron chi connectivity index (χ1n) is 9.50. The van der Waals surface area contributed by atoms with E-state index in [9.17, 15) is 9.59 Å². The molecule has 0 saturated carbocycles. The van der Waals surface area contributed by atoms with Crippen LogP contribution in [0.4, 0.5) is 5.13 Å². The molecule has 3 rings (SSSR count). The number of likely N-dealkylation sites (tertiary alicyclic amines) is 1. The third-order valence-corrected chi connectivity index (χ3v) is 6.67. The van der Waals surface area contributed by atoms with Crippen molar-refractivity contribution in [2.45, 2.75) is 38.3 Å². The molecule has 3 heterocycles. The van der Waals surface area contributed by atoms with Crippen LogP contribution in [0.15, 0.2) is 0 Å². The third-order valence-electron chi connectivity index (χ3n) is 5.46. The minimum Gasteiger partial charge on any atom is -0.378 e. The SMILES string of the molecule is CNC(=O)C[C@H]1CC[C@@H](CNC(=O)c2sc(N3CCOCC3)nc2C)N1C. The zero-order valence-electron chi connectivity index (χ0n) is 16.3. The van der Waals surface area contributed by atoms with Crippen molar-refractivity contribution in [3.8, 4) is 0 Å². The van der Waals surface area contributed by atoms with Crippen LogP contribution in [0.5, 0.6) is 0 Å². The molecule has 27 heavy (non-hydrogen) atoms. The Hall–Kier alpha value is -1.71. The number of amides is 2. The second kappa shape index (κ2) is 8.99. The number of aryl methyl sites for hydroxylation is 1. The molecule has 1 aromatic rings. The maximum absolute atomic E-state index is 12.7. The minimum absolute atomic E-state index is 0.0624. The van der Waals surface area contributed by atoms with Gasteiger partial charge >= 0.3 is 0 Å². The Morgan fingerprint density at radius 1 is 1.26 bits per heavy atom. The van der Waals surface area contributed by atoms with Crippen LogP contribution in [-0.4, -0.2) is 80.7 Å². The number of morpholine rings is 1. The molecule has 2 atom stereocenters. The van der Waals surface area contributed by atoms with E-state index in [0.29, 0.717) is 31.1 Å². The molecule has 2 amide bonds. The highest BCUT2D eigenvalue weighted by molar-refractivity contribution is 7.17. The van der Waals surface area contributed by atoms with Crippen molar-refractivity contribution >= 4 is 28.3 Å². The highest BCUT2D eigenvalue weighted by atomic mass is 32.1. The molecular weight excluding hydrogens is 366 g/mol. The number of likely N-dealkylation sites (N-methyl/N-ethyl adjacent to an activating group) is 1. The summed E-state index contributed by atoms with van der Waals surface area (Å²) in [4.78, 5) is 33.9. The van der Waals surface area contributed by atoms with Gasteiger partial charge in [-0.2, -0.15) is 0 Å². The Balaban J connectivity index is 1.53. The Morgan fingerprint density at radius 2 is 1.96 bits per heavy atom. The average molecular weight is 396 g/mol. The van der Waals surface area contributed by atoms with E-state index in [1.807, 2.05) is 14.0 Å². The predicted octanol–water partition coefficient (Wildman–Crippen LogP) is 0.617. The van der Waals surface area contributed by atoms with Crippen molar-refractivity contribution in [2.75, 3.05) is 51.8 Å². The van der Waals surface area contributed by atoms with Crippen LogP contribution in [-0.2, 0) is 9.53 Å². The van der Waals surface area contributed by atoms with Crippen LogP contribution in [0, 0.1) is 6.92 Å². The highest BCUT2D eigenvalue weighted by Gasteiger charge is 2.32. The topological polar surface area (TPSA) is 86.8 Å². The van der Waals surface area contributed by atoms with E-state index in [1.54, 1.807) is 7.05 Å². The summed E-state index contributed by atoms with van der Waals surface area (Å²) in [7, 11) is 3.70. The molecular formula is C18H29N5O3S. The summed E-state index contributed by atoms with van der Waals surface area (Å²) in [5.41, 5.74) is 0.774. The van der Waals surface area contributed by atoms with E-state index in [0.717, 1.165) is 36.8 Å². The summed E-state index contributed by atoms with van der Waals surface area (Å²) < 4.78 is 5.38. The van der Waals surface area contributed by atoms with E-state index in [2.05, 4.69) is 25.4 Å². The summed E-state index contributed by atoms with van der Waals surface area (Å²) in [5.74, 6) is 0.000114. The summed E-state index contributed by atoms with van der Waals surface area (Å²) in [6.07, 6.45) is 2.47. The number of aromatic nitrogens is 1. The fraction of sp³-hybridized carbons (Fsp3) is 0.722. The standard InChI is InChI=1S/C18H29N5O3S/c1-12-16(27-18(21-12)23-6-8-26-9-7-23)17(25)20-11-14-5-4-13(22(14)3)10-15(24)19-2/h13-14H,4-11H2,1-3H3,(H,19,24)(H,20,25)/t13-,14+/m1/s1. The van der Waals surface area contributed by atoms with E-state index in [-0.39, 0.29) is 23.9 Å². The van der Waals surface area contributed by atoms with Crippen LogP contribution >= 0.6 is 11.3 Å². The number of nitrogens with zero attached hydrogens (tertiary/aromatic N) is 3. The van der Waals surface area contributed by atoms with Crippen molar-refractivity contribution < 1.29 is 14.3 Å². The molecule has 2 N–H and O–H groups in total. The summed E-state index contributed by atoms with van der Waals surface area (Å²) in [6, 6.07) is 0.500. The summed E-state index contributed by atoms with van der Waals surface area (Å²) in [5, 5.41) is 6.64. The number of carbonyl (C=O) groups is 2. The molecule has 2 aliphatic heterocycles. The second-order valence-electron chi connectivity index (χ2n) is 7.15. The smallest absolute Gasteiger partial charge is 0.263 e.